The molecule has 0 aliphatic carbocycles. The van der Waals surface area contributed by atoms with Crippen molar-refractivity contribution in [2.24, 2.45) is 0 Å². The summed E-state index contributed by atoms with van der Waals surface area (Å²) < 4.78 is 0. The number of likely N-dealkylation sites (N-methyl/N-ethyl adjacent to an activating group) is 2. The molecule has 1 heterocycles. The third-order valence-electron chi connectivity index (χ3n) is 4.16. The largest absolute Gasteiger partial charge is 0.335 e. The Kier molecular flexibility index (Phi) is 4.63. The number of carbonyl (C=O) groups is 2. The lowest BCUT2D eigenvalue weighted by molar-refractivity contribution is -0.149. The number of hydrogen-bond acceptors (Lipinski definition) is 3. The summed E-state index contributed by atoms with van der Waals surface area (Å²) >= 11 is 0. The number of aryl methyl sites for hydroxylation is 2. The molecule has 0 saturated carbocycles. The number of rotatable bonds is 4. The highest BCUT2D eigenvalue weighted by atomic mass is 16.2. The number of hydrogen-bond donors (Lipinski definition) is 1. The molecular weight excluding hydrogens is 266 g/mol. The Morgan fingerprint density at radius 1 is 1.14 bits per heavy atom. The number of amides is 2. The van der Waals surface area contributed by atoms with Gasteiger partial charge in [-0.05, 0) is 37.6 Å². The van der Waals surface area contributed by atoms with Crippen molar-refractivity contribution in [3.63, 3.8) is 0 Å². The number of piperazine rings is 1. The van der Waals surface area contributed by atoms with Gasteiger partial charge in [0.1, 0.15) is 0 Å². The first-order valence-corrected chi connectivity index (χ1v) is 7.18. The van der Waals surface area contributed by atoms with E-state index in [1.54, 1.807) is 11.9 Å². The number of carbonyl (C=O) groups excluding carboxylic acids is 2. The van der Waals surface area contributed by atoms with E-state index < -0.39 is 0 Å². The van der Waals surface area contributed by atoms with Gasteiger partial charge in [0.2, 0.25) is 11.8 Å². The molecule has 2 rings (SSSR count). The third kappa shape index (κ3) is 3.42. The van der Waals surface area contributed by atoms with Crippen LogP contribution in [0.2, 0.25) is 0 Å². The SMILES string of the molecule is CNC(CN1CC(=O)N(C)CC1=O)c1ccc(C)c(C)c1. The van der Waals surface area contributed by atoms with Crippen LogP contribution in [-0.4, -0.2) is 55.3 Å². The molecule has 0 radical (unpaired) electrons. The highest BCUT2D eigenvalue weighted by Gasteiger charge is 2.29. The van der Waals surface area contributed by atoms with Gasteiger partial charge in [0.15, 0.2) is 0 Å². The Hall–Kier alpha value is -1.88. The number of nitrogens with one attached hydrogen (secondary N) is 1. The third-order valence-corrected chi connectivity index (χ3v) is 4.16. The molecule has 0 aromatic heterocycles. The van der Waals surface area contributed by atoms with Gasteiger partial charge < -0.3 is 15.1 Å². The zero-order chi connectivity index (χ0) is 15.6. The Bertz CT molecular complexity index is 556. The van der Waals surface area contributed by atoms with Gasteiger partial charge in [-0.1, -0.05) is 18.2 Å². The van der Waals surface area contributed by atoms with E-state index in [2.05, 4.69) is 37.4 Å². The first kappa shape index (κ1) is 15.5. The fourth-order valence-corrected chi connectivity index (χ4v) is 2.49. The molecule has 1 aliphatic rings. The van der Waals surface area contributed by atoms with Crippen LogP contribution in [0.3, 0.4) is 0 Å². The maximum absolute atomic E-state index is 12.1. The molecule has 1 aromatic carbocycles. The summed E-state index contributed by atoms with van der Waals surface area (Å²) in [7, 11) is 3.54. The van der Waals surface area contributed by atoms with Gasteiger partial charge in [-0.25, -0.2) is 0 Å². The molecule has 1 N–H and O–H groups in total. The van der Waals surface area contributed by atoms with Crippen molar-refractivity contribution >= 4 is 11.8 Å². The van der Waals surface area contributed by atoms with Gasteiger partial charge in [0.05, 0.1) is 13.1 Å². The van der Waals surface area contributed by atoms with Crippen molar-refractivity contribution in [2.45, 2.75) is 19.9 Å². The van der Waals surface area contributed by atoms with Crippen molar-refractivity contribution in [1.82, 2.24) is 15.1 Å². The van der Waals surface area contributed by atoms with Crippen LogP contribution in [0.25, 0.3) is 0 Å². The molecule has 114 valence electrons. The van der Waals surface area contributed by atoms with Crippen LogP contribution in [0.1, 0.15) is 22.7 Å². The second-order valence-electron chi connectivity index (χ2n) is 5.71. The van der Waals surface area contributed by atoms with Crippen molar-refractivity contribution in [3.8, 4) is 0 Å². The molecule has 1 saturated heterocycles. The second kappa shape index (κ2) is 6.26. The number of benzene rings is 1. The smallest absolute Gasteiger partial charge is 0.242 e. The second-order valence-corrected chi connectivity index (χ2v) is 5.71. The van der Waals surface area contributed by atoms with Crippen LogP contribution >= 0.6 is 0 Å². The summed E-state index contributed by atoms with van der Waals surface area (Å²) in [5, 5.41) is 3.24. The lowest BCUT2D eigenvalue weighted by Gasteiger charge is -2.34. The fraction of sp³-hybridized carbons (Fsp3) is 0.500. The topological polar surface area (TPSA) is 52.7 Å². The Morgan fingerprint density at radius 3 is 2.48 bits per heavy atom. The zero-order valence-corrected chi connectivity index (χ0v) is 13.1. The monoisotopic (exact) mass is 289 g/mol. The average molecular weight is 289 g/mol. The van der Waals surface area contributed by atoms with Crippen LogP contribution in [0.5, 0.6) is 0 Å². The zero-order valence-electron chi connectivity index (χ0n) is 13.1. The summed E-state index contributed by atoms with van der Waals surface area (Å²) in [6, 6.07) is 6.33. The molecule has 21 heavy (non-hydrogen) atoms. The summed E-state index contributed by atoms with van der Waals surface area (Å²) in [5.74, 6) is -0.00859. The van der Waals surface area contributed by atoms with Crippen molar-refractivity contribution in [1.29, 1.82) is 0 Å². The molecule has 1 aromatic rings. The summed E-state index contributed by atoms with van der Waals surface area (Å²) in [6.45, 7) is 5.00. The summed E-state index contributed by atoms with van der Waals surface area (Å²) in [6.07, 6.45) is 0. The minimum absolute atomic E-state index is 0.00110. The van der Waals surface area contributed by atoms with E-state index in [9.17, 15) is 9.59 Å². The molecule has 1 unspecified atom stereocenters. The Balaban J connectivity index is 2.13. The minimum Gasteiger partial charge on any atom is -0.335 e. The highest BCUT2D eigenvalue weighted by molar-refractivity contribution is 5.92. The van der Waals surface area contributed by atoms with Gasteiger partial charge >= 0.3 is 0 Å². The molecule has 1 atom stereocenters. The Labute approximate surface area is 125 Å². The standard InChI is InChI=1S/C16H23N3O2/c1-11-5-6-13(7-12(11)2)14(17-3)8-19-10-15(20)18(4)9-16(19)21/h5-7,14,17H,8-10H2,1-4H3. The van der Waals surface area contributed by atoms with E-state index in [4.69, 9.17) is 0 Å². The van der Waals surface area contributed by atoms with Gasteiger partial charge in [0, 0.05) is 19.6 Å². The molecule has 0 bridgehead atoms. The van der Waals surface area contributed by atoms with E-state index in [1.165, 1.54) is 16.0 Å². The normalized spacial score (nSPS) is 17.3. The van der Waals surface area contributed by atoms with E-state index in [0.29, 0.717) is 6.54 Å². The van der Waals surface area contributed by atoms with Crippen LogP contribution in [0.4, 0.5) is 0 Å². The Morgan fingerprint density at radius 2 is 1.86 bits per heavy atom. The number of nitrogens with zero attached hydrogens (tertiary/aromatic N) is 2. The average Bonchev–Trinajstić information content (AvgIpc) is 2.44. The van der Waals surface area contributed by atoms with Gasteiger partial charge in [-0.2, -0.15) is 0 Å². The lowest BCUT2D eigenvalue weighted by atomic mass is 10.0. The predicted molar refractivity (Wildman–Crippen MR) is 81.9 cm³/mol. The maximum Gasteiger partial charge on any atom is 0.242 e. The van der Waals surface area contributed by atoms with Gasteiger partial charge in [0.25, 0.3) is 0 Å². The van der Waals surface area contributed by atoms with Gasteiger partial charge in [-0.3, -0.25) is 9.59 Å². The molecule has 5 heteroatoms. The molecule has 0 spiro atoms. The van der Waals surface area contributed by atoms with Crippen LogP contribution in [0.15, 0.2) is 18.2 Å². The molecule has 1 fully saturated rings. The summed E-state index contributed by atoms with van der Waals surface area (Å²) in [5.41, 5.74) is 3.62. The molecular formula is C16H23N3O2. The first-order chi connectivity index (χ1) is 9.92. The van der Waals surface area contributed by atoms with E-state index in [-0.39, 0.29) is 30.9 Å². The molecule has 2 amide bonds. The maximum atomic E-state index is 12.1. The van der Waals surface area contributed by atoms with Gasteiger partial charge in [-0.15, -0.1) is 0 Å². The van der Waals surface area contributed by atoms with Crippen LogP contribution in [-0.2, 0) is 9.59 Å². The van der Waals surface area contributed by atoms with E-state index in [1.807, 2.05) is 7.05 Å². The molecule has 1 aliphatic heterocycles. The van der Waals surface area contributed by atoms with Crippen molar-refractivity contribution in [3.05, 3.63) is 34.9 Å². The highest BCUT2D eigenvalue weighted by Crippen LogP contribution is 2.19. The fourth-order valence-electron chi connectivity index (χ4n) is 2.49. The van der Waals surface area contributed by atoms with Crippen molar-refractivity contribution < 1.29 is 9.59 Å². The van der Waals surface area contributed by atoms with E-state index >= 15 is 0 Å². The predicted octanol–water partition coefficient (Wildman–Crippen LogP) is 0.865. The van der Waals surface area contributed by atoms with E-state index in [0.717, 1.165) is 5.56 Å². The van der Waals surface area contributed by atoms with Crippen LogP contribution < -0.4 is 5.32 Å². The summed E-state index contributed by atoms with van der Waals surface area (Å²) in [4.78, 5) is 26.9. The molecule has 5 nitrogen and oxygen atoms in total. The quantitative estimate of drug-likeness (QED) is 0.894. The first-order valence-electron chi connectivity index (χ1n) is 7.18. The van der Waals surface area contributed by atoms with Crippen LogP contribution in [0, 0.1) is 13.8 Å². The lowest BCUT2D eigenvalue weighted by Crippen LogP contribution is -2.53. The van der Waals surface area contributed by atoms with Crippen molar-refractivity contribution in [2.75, 3.05) is 33.7 Å². The minimum atomic E-state index is -0.00969.